The van der Waals surface area contributed by atoms with Gasteiger partial charge in [0.1, 0.15) is 5.75 Å². The van der Waals surface area contributed by atoms with E-state index in [0.29, 0.717) is 5.75 Å². The van der Waals surface area contributed by atoms with Crippen LogP contribution in [0.3, 0.4) is 0 Å². The molecule has 0 saturated carbocycles. The SMILES string of the molecule is Cc1ccccc1O.O=[N+]([O-])c1cccc([N+](=O)[O-])c1. The average molecular weight is 276 g/mol. The van der Waals surface area contributed by atoms with Crippen LogP contribution in [0.4, 0.5) is 11.4 Å². The van der Waals surface area contributed by atoms with Gasteiger partial charge in [0.25, 0.3) is 11.4 Å². The summed E-state index contributed by atoms with van der Waals surface area (Å²) in [6.07, 6.45) is 0. The van der Waals surface area contributed by atoms with Crippen molar-refractivity contribution in [2.45, 2.75) is 6.92 Å². The fourth-order valence-corrected chi connectivity index (χ4v) is 1.28. The molecule has 0 amide bonds. The molecule has 104 valence electrons. The Morgan fingerprint density at radius 2 is 1.40 bits per heavy atom. The molecule has 0 bridgehead atoms. The molecule has 0 aliphatic carbocycles. The van der Waals surface area contributed by atoms with Gasteiger partial charge < -0.3 is 5.11 Å². The number of nitrogens with zero attached hydrogens (tertiary/aromatic N) is 2. The number of aromatic hydroxyl groups is 1. The number of phenols is 1. The number of para-hydroxylation sites is 1. The van der Waals surface area contributed by atoms with Gasteiger partial charge >= 0.3 is 0 Å². The fraction of sp³-hybridized carbons (Fsp3) is 0.0769. The van der Waals surface area contributed by atoms with Crippen LogP contribution >= 0.6 is 0 Å². The molecule has 2 rings (SSSR count). The minimum Gasteiger partial charge on any atom is -0.508 e. The summed E-state index contributed by atoms with van der Waals surface area (Å²) in [7, 11) is 0. The van der Waals surface area contributed by atoms with Gasteiger partial charge in [-0.05, 0) is 24.6 Å². The smallest absolute Gasteiger partial charge is 0.276 e. The molecule has 0 aromatic heterocycles. The summed E-state index contributed by atoms with van der Waals surface area (Å²) in [6.45, 7) is 1.87. The Kier molecular flexibility index (Phi) is 5.16. The van der Waals surface area contributed by atoms with Gasteiger partial charge in [0, 0.05) is 12.1 Å². The lowest BCUT2D eigenvalue weighted by Gasteiger charge is -1.92. The number of hydrogen-bond acceptors (Lipinski definition) is 5. The maximum atomic E-state index is 10.2. The maximum absolute atomic E-state index is 10.2. The molecule has 2 aromatic rings. The van der Waals surface area contributed by atoms with Crippen LogP contribution in [-0.2, 0) is 0 Å². The predicted octanol–water partition coefficient (Wildman–Crippen LogP) is 3.20. The number of rotatable bonds is 2. The zero-order valence-electron chi connectivity index (χ0n) is 10.6. The molecular formula is C13H12N2O5. The lowest BCUT2D eigenvalue weighted by Crippen LogP contribution is -1.91. The molecule has 1 N–H and O–H groups in total. The van der Waals surface area contributed by atoms with E-state index in [1.165, 1.54) is 18.2 Å². The number of aryl methyl sites for hydroxylation is 1. The summed E-state index contributed by atoms with van der Waals surface area (Å²) < 4.78 is 0. The first-order valence-corrected chi connectivity index (χ1v) is 5.55. The normalized spacial score (nSPS) is 9.25. The topological polar surface area (TPSA) is 107 Å². The van der Waals surface area contributed by atoms with E-state index in [2.05, 4.69) is 0 Å². The molecule has 0 spiro atoms. The average Bonchev–Trinajstić information content (AvgIpc) is 2.43. The third-order valence-corrected chi connectivity index (χ3v) is 2.37. The Morgan fingerprint density at radius 1 is 0.900 bits per heavy atom. The molecule has 0 atom stereocenters. The summed E-state index contributed by atoms with van der Waals surface area (Å²) in [5.74, 6) is 0.368. The largest absolute Gasteiger partial charge is 0.508 e. The highest BCUT2D eigenvalue weighted by Crippen LogP contribution is 2.18. The van der Waals surface area contributed by atoms with Crippen LogP contribution in [0.15, 0.2) is 48.5 Å². The lowest BCUT2D eigenvalue weighted by atomic mass is 10.2. The Labute approximate surface area is 114 Å². The molecular weight excluding hydrogens is 264 g/mol. The zero-order valence-corrected chi connectivity index (χ0v) is 10.6. The van der Waals surface area contributed by atoms with Gasteiger partial charge in [0.15, 0.2) is 0 Å². The van der Waals surface area contributed by atoms with Gasteiger partial charge in [-0.3, -0.25) is 20.2 Å². The number of nitro benzene ring substituents is 2. The lowest BCUT2D eigenvalue weighted by molar-refractivity contribution is -0.394. The second-order valence-electron chi connectivity index (χ2n) is 3.82. The molecule has 0 heterocycles. The zero-order chi connectivity index (χ0) is 15.1. The van der Waals surface area contributed by atoms with Crippen LogP contribution in [0.1, 0.15) is 5.56 Å². The third-order valence-electron chi connectivity index (χ3n) is 2.37. The molecule has 7 heteroatoms. The highest BCUT2D eigenvalue weighted by molar-refractivity contribution is 5.42. The summed E-state index contributed by atoms with van der Waals surface area (Å²) in [6, 6.07) is 11.8. The Hall–Kier alpha value is -2.96. The highest BCUT2D eigenvalue weighted by Gasteiger charge is 2.11. The van der Waals surface area contributed by atoms with Crippen molar-refractivity contribution in [1.82, 2.24) is 0 Å². The van der Waals surface area contributed by atoms with Gasteiger partial charge in [-0.25, -0.2) is 0 Å². The molecule has 20 heavy (non-hydrogen) atoms. The summed E-state index contributed by atoms with van der Waals surface area (Å²) in [5, 5.41) is 29.2. The van der Waals surface area contributed by atoms with Crippen LogP contribution < -0.4 is 0 Å². The van der Waals surface area contributed by atoms with Crippen molar-refractivity contribution >= 4 is 11.4 Å². The van der Waals surface area contributed by atoms with E-state index in [1.807, 2.05) is 25.1 Å². The highest BCUT2D eigenvalue weighted by atomic mass is 16.6. The van der Waals surface area contributed by atoms with Crippen molar-refractivity contribution in [1.29, 1.82) is 0 Å². The van der Waals surface area contributed by atoms with Crippen molar-refractivity contribution in [2.75, 3.05) is 0 Å². The predicted molar refractivity (Wildman–Crippen MR) is 72.6 cm³/mol. The number of phenolic OH excluding ortho intramolecular Hbond substituents is 1. The Bertz CT molecular complexity index is 577. The second kappa shape index (κ2) is 6.83. The minimum atomic E-state index is -0.674. The second-order valence-corrected chi connectivity index (χ2v) is 3.82. The molecule has 0 aliphatic rings. The fourth-order valence-electron chi connectivity index (χ4n) is 1.28. The molecule has 7 nitrogen and oxygen atoms in total. The molecule has 0 fully saturated rings. The standard InChI is InChI=1S/C7H8O.C6H4N2O4/c1-6-4-2-3-5-7(6)8;9-7(10)5-2-1-3-6(4-5)8(11)12/h2-5,8H,1H3;1-4H. The van der Waals surface area contributed by atoms with Crippen LogP contribution in [0.2, 0.25) is 0 Å². The van der Waals surface area contributed by atoms with E-state index in [4.69, 9.17) is 5.11 Å². The van der Waals surface area contributed by atoms with E-state index < -0.39 is 9.85 Å². The van der Waals surface area contributed by atoms with E-state index in [1.54, 1.807) is 6.07 Å². The quantitative estimate of drug-likeness (QED) is 0.669. The van der Waals surface area contributed by atoms with Crippen molar-refractivity contribution in [3.8, 4) is 5.75 Å². The number of nitro groups is 2. The van der Waals surface area contributed by atoms with Crippen molar-refractivity contribution in [3.63, 3.8) is 0 Å². The van der Waals surface area contributed by atoms with Crippen LogP contribution in [0.25, 0.3) is 0 Å². The van der Waals surface area contributed by atoms with Crippen LogP contribution in [0.5, 0.6) is 5.75 Å². The van der Waals surface area contributed by atoms with Crippen molar-refractivity contribution in [3.05, 3.63) is 74.3 Å². The number of hydrogen-bond donors (Lipinski definition) is 1. The van der Waals surface area contributed by atoms with Gasteiger partial charge in [-0.2, -0.15) is 0 Å². The van der Waals surface area contributed by atoms with Gasteiger partial charge in [0.05, 0.1) is 15.9 Å². The van der Waals surface area contributed by atoms with Gasteiger partial charge in [0.2, 0.25) is 0 Å². The van der Waals surface area contributed by atoms with Gasteiger partial charge in [-0.1, -0.05) is 18.2 Å². The summed E-state index contributed by atoms with van der Waals surface area (Å²) in [5.41, 5.74) is 0.376. The Morgan fingerprint density at radius 3 is 1.75 bits per heavy atom. The first-order chi connectivity index (χ1) is 9.41. The monoisotopic (exact) mass is 276 g/mol. The molecule has 0 aliphatic heterocycles. The molecule has 0 unspecified atom stereocenters. The van der Waals surface area contributed by atoms with E-state index in [0.717, 1.165) is 11.6 Å². The first-order valence-electron chi connectivity index (χ1n) is 5.55. The Balaban J connectivity index is 0.000000217. The summed E-state index contributed by atoms with van der Waals surface area (Å²) in [4.78, 5) is 19.0. The number of non-ortho nitro benzene ring substituents is 2. The number of benzene rings is 2. The maximum Gasteiger partial charge on any atom is 0.276 e. The molecule has 0 saturated heterocycles. The summed E-state index contributed by atoms with van der Waals surface area (Å²) >= 11 is 0. The van der Waals surface area contributed by atoms with Gasteiger partial charge in [-0.15, -0.1) is 0 Å². The molecule has 2 aromatic carbocycles. The first kappa shape index (κ1) is 15.1. The minimum absolute atomic E-state index is 0.274. The van der Waals surface area contributed by atoms with E-state index in [-0.39, 0.29) is 11.4 Å². The third kappa shape index (κ3) is 4.37. The molecule has 0 radical (unpaired) electrons. The van der Waals surface area contributed by atoms with E-state index in [9.17, 15) is 20.2 Å². The van der Waals surface area contributed by atoms with Crippen LogP contribution in [-0.4, -0.2) is 15.0 Å². The van der Waals surface area contributed by atoms with E-state index >= 15 is 0 Å². The van der Waals surface area contributed by atoms with Crippen molar-refractivity contribution < 1.29 is 15.0 Å². The van der Waals surface area contributed by atoms with Crippen molar-refractivity contribution in [2.24, 2.45) is 0 Å². The van der Waals surface area contributed by atoms with Crippen LogP contribution in [0, 0.1) is 27.2 Å².